The summed E-state index contributed by atoms with van der Waals surface area (Å²) >= 11 is 0. The highest BCUT2D eigenvalue weighted by Crippen LogP contribution is 2.34. The lowest BCUT2D eigenvalue weighted by Gasteiger charge is -2.52. The van der Waals surface area contributed by atoms with Crippen LogP contribution in [0.15, 0.2) is 48.5 Å². The van der Waals surface area contributed by atoms with Crippen molar-refractivity contribution in [2.24, 2.45) is 5.92 Å². The summed E-state index contributed by atoms with van der Waals surface area (Å²) in [5, 5.41) is 3.06. The van der Waals surface area contributed by atoms with Gasteiger partial charge in [0.2, 0.25) is 21.8 Å². The van der Waals surface area contributed by atoms with Gasteiger partial charge in [-0.2, -0.15) is 0 Å². The summed E-state index contributed by atoms with van der Waals surface area (Å²) in [5.74, 6) is 1.69. The van der Waals surface area contributed by atoms with Gasteiger partial charge in [-0.05, 0) is 73.6 Å². The molecule has 2 aliphatic heterocycles. The number of nitrogens with zero attached hydrogens (tertiary/aromatic N) is 2. The minimum absolute atomic E-state index is 0.00230. The number of ether oxygens (including phenoxy) is 1. The van der Waals surface area contributed by atoms with Gasteiger partial charge in [-0.3, -0.25) is 19.2 Å². The third-order valence-electron chi connectivity index (χ3n) is 7.37. The van der Waals surface area contributed by atoms with E-state index in [2.05, 4.69) is 35.7 Å². The van der Waals surface area contributed by atoms with Gasteiger partial charge in [0.05, 0.1) is 6.26 Å². The summed E-state index contributed by atoms with van der Waals surface area (Å²) in [5.41, 5.74) is 0.866. The third kappa shape index (κ3) is 7.10. The molecule has 1 atom stereocenters. The van der Waals surface area contributed by atoms with E-state index in [1.165, 1.54) is 0 Å². The molecule has 2 N–H and O–H groups in total. The van der Waals surface area contributed by atoms with E-state index in [9.17, 15) is 18.0 Å². The van der Waals surface area contributed by atoms with Gasteiger partial charge in [0.1, 0.15) is 23.1 Å². The average Bonchev–Trinajstić information content (AvgIpc) is 2.87. The number of carbonyl (C=O) groups is 2. The molecule has 1 spiro atoms. The highest BCUT2D eigenvalue weighted by Gasteiger charge is 2.53. The summed E-state index contributed by atoms with van der Waals surface area (Å²) in [6.45, 7) is 9.04. The first-order chi connectivity index (χ1) is 18.5. The molecule has 212 valence electrons. The first-order valence-electron chi connectivity index (χ1n) is 13.7. The maximum atomic E-state index is 13.4. The fourth-order valence-corrected chi connectivity index (χ4v) is 6.06. The van der Waals surface area contributed by atoms with E-state index in [-0.39, 0.29) is 11.8 Å². The largest absolute Gasteiger partial charge is 0.457 e. The van der Waals surface area contributed by atoms with Crippen LogP contribution in [0.1, 0.15) is 52.0 Å². The van der Waals surface area contributed by atoms with E-state index >= 15 is 0 Å². The molecular formula is C29H40N4O5S. The molecule has 0 aliphatic carbocycles. The van der Waals surface area contributed by atoms with Crippen LogP contribution in [0.25, 0.3) is 0 Å². The lowest BCUT2D eigenvalue weighted by atomic mass is 9.80. The lowest BCUT2D eigenvalue weighted by Crippen LogP contribution is -2.73. The van der Waals surface area contributed by atoms with Crippen molar-refractivity contribution >= 4 is 27.5 Å². The van der Waals surface area contributed by atoms with E-state index in [0.717, 1.165) is 37.9 Å². The average molecular weight is 557 g/mol. The molecule has 0 saturated carbocycles. The first-order valence-corrected chi connectivity index (χ1v) is 15.6. The van der Waals surface area contributed by atoms with Crippen LogP contribution < -0.4 is 14.8 Å². The van der Waals surface area contributed by atoms with Crippen LogP contribution in [0.4, 0.5) is 5.69 Å². The smallest absolute Gasteiger partial charge is 0.246 e. The van der Waals surface area contributed by atoms with Crippen molar-refractivity contribution in [3.05, 3.63) is 54.1 Å². The number of benzene rings is 2. The van der Waals surface area contributed by atoms with Gasteiger partial charge in [0.25, 0.3) is 0 Å². The molecule has 10 heteroatoms. The molecule has 2 aliphatic rings. The van der Waals surface area contributed by atoms with Crippen molar-refractivity contribution < 1.29 is 22.7 Å². The van der Waals surface area contributed by atoms with Crippen molar-refractivity contribution in [2.75, 3.05) is 30.6 Å². The zero-order valence-corrected chi connectivity index (χ0v) is 24.1. The van der Waals surface area contributed by atoms with Gasteiger partial charge >= 0.3 is 0 Å². The molecule has 2 aromatic rings. The number of carbonyl (C=O) groups excluding carboxylic acids is 2. The van der Waals surface area contributed by atoms with E-state index in [1.807, 2.05) is 29.2 Å². The minimum atomic E-state index is -3.32. The SMILES string of the molecule is CCCN1C(=O)[C@H](CC(C)C)NC(=O)C12CCN(Cc1ccc(Oc3ccc(NS(C)(=O)=O)cc3)cc1)CC2. The van der Waals surface area contributed by atoms with Crippen molar-refractivity contribution in [2.45, 2.75) is 64.6 Å². The molecule has 4 rings (SSSR count). The standard InChI is InChI=1S/C29H40N4O5S/c1-5-16-33-27(34)26(19-21(2)3)30-28(35)29(33)14-17-32(18-15-29)20-22-6-10-24(11-7-22)38-25-12-8-23(9-13-25)31-39(4,36)37/h6-13,21,26,31H,5,14-20H2,1-4H3,(H,30,35)/t26-/m0/s1. The number of piperidine rings is 1. The van der Waals surface area contributed by atoms with Gasteiger partial charge in [0, 0.05) is 31.9 Å². The van der Waals surface area contributed by atoms with Crippen molar-refractivity contribution in [3.63, 3.8) is 0 Å². The molecule has 9 nitrogen and oxygen atoms in total. The minimum Gasteiger partial charge on any atom is -0.457 e. The Balaban J connectivity index is 1.34. The third-order valence-corrected chi connectivity index (χ3v) is 7.98. The number of amides is 2. The lowest BCUT2D eigenvalue weighted by molar-refractivity contribution is -0.161. The topological polar surface area (TPSA) is 108 Å². The Morgan fingerprint density at radius 2 is 1.62 bits per heavy atom. The second-order valence-electron chi connectivity index (χ2n) is 11.1. The molecule has 2 aromatic carbocycles. The zero-order chi connectivity index (χ0) is 28.2. The van der Waals surface area contributed by atoms with Gasteiger partial charge in [-0.25, -0.2) is 8.42 Å². The van der Waals surface area contributed by atoms with Gasteiger partial charge in [-0.1, -0.05) is 32.9 Å². The fraction of sp³-hybridized carbons (Fsp3) is 0.517. The van der Waals surface area contributed by atoms with Crippen LogP contribution in [-0.4, -0.2) is 67.5 Å². The maximum Gasteiger partial charge on any atom is 0.246 e. The molecular weight excluding hydrogens is 516 g/mol. The monoisotopic (exact) mass is 556 g/mol. The Morgan fingerprint density at radius 3 is 2.15 bits per heavy atom. The highest BCUT2D eigenvalue weighted by molar-refractivity contribution is 7.92. The summed E-state index contributed by atoms with van der Waals surface area (Å²) < 4.78 is 31.1. The molecule has 0 unspecified atom stereocenters. The summed E-state index contributed by atoms with van der Waals surface area (Å²) in [4.78, 5) is 30.9. The Bertz CT molecular complexity index is 1250. The van der Waals surface area contributed by atoms with Crippen LogP contribution in [0, 0.1) is 5.92 Å². The number of anilines is 1. The second-order valence-corrected chi connectivity index (χ2v) is 12.8. The predicted octanol–water partition coefficient (Wildman–Crippen LogP) is 3.97. The zero-order valence-electron chi connectivity index (χ0n) is 23.3. The maximum absolute atomic E-state index is 13.4. The summed E-state index contributed by atoms with van der Waals surface area (Å²) in [7, 11) is -3.32. The van der Waals surface area contributed by atoms with Crippen molar-refractivity contribution in [3.8, 4) is 11.5 Å². The van der Waals surface area contributed by atoms with Crippen molar-refractivity contribution in [1.29, 1.82) is 0 Å². The van der Waals surface area contributed by atoms with Crippen LogP contribution in [-0.2, 0) is 26.2 Å². The van der Waals surface area contributed by atoms with Crippen LogP contribution in [0.3, 0.4) is 0 Å². The normalized spacial score (nSPS) is 19.8. The number of hydrogen-bond donors (Lipinski definition) is 2. The van der Waals surface area contributed by atoms with E-state index in [1.54, 1.807) is 24.3 Å². The van der Waals surface area contributed by atoms with E-state index in [4.69, 9.17) is 4.74 Å². The molecule has 0 aromatic heterocycles. The van der Waals surface area contributed by atoms with Crippen LogP contribution in [0.5, 0.6) is 11.5 Å². The first kappa shape index (κ1) is 28.9. The Labute approximate surface area is 231 Å². The quantitative estimate of drug-likeness (QED) is 0.459. The van der Waals surface area contributed by atoms with E-state index < -0.39 is 21.6 Å². The summed E-state index contributed by atoms with van der Waals surface area (Å²) in [6, 6.07) is 14.2. The number of piperazine rings is 1. The van der Waals surface area contributed by atoms with Gasteiger partial charge in [0.15, 0.2) is 0 Å². The van der Waals surface area contributed by atoms with Gasteiger partial charge in [-0.15, -0.1) is 0 Å². The number of hydrogen-bond acceptors (Lipinski definition) is 6. The molecule has 2 fully saturated rings. The number of sulfonamides is 1. The number of nitrogens with one attached hydrogen (secondary N) is 2. The Kier molecular flexibility index (Phi) is 8.86. The number of rotatable bonds is 10. The Morgan fingerprint density at radius 1 is 1.03 bits per heavy atom. The van der Waals surface area contributed by atoms with E-state index in [0.29, 0.717) is 48.9 Å². The Hall–Kier alpha value is -3.11. The summed E-state index contributed by atoms with van der Waals surface area (Å²) in [6.07, 6.45) is 3.86. The van der Waals surface area contributed by atoms with Crippen LogP contribution in [0.2, 0.25) is 0 Å². The molecule has 2 heterocycles. The second kappa shape index (κ2) is 12.0. The number of likely N-dealkylation sites (tertiary alicyclic amines) is 1. The molecule has 39 heavy (non-hydrogen) atoms. The molecule has 0 bridgehead atoms. The molecule has 2 amide bonds. The van der Waals surface area contributed by atoms with Crippen LogP contribution >= 0.6 is 0 Å². The molecule has 0 radical (unpaired) electrons. The molecule has 2 saturated heterocycles. The predicted molar refractivity (Wildman–Crippen MR) is 152 cm³/mol. The van der Waals surface area contributed by atoms with Crippen molar-refractivity contribution in [1.82, 2.24) is 15.1 Å². The van der Waals surface area contributed by atoms with Gasteiger partial charge < -0.3 is 15.0 Å². The highest BCUT2D eigenvalue weighted by atomic mass is 32.2. The fourth-order valence-electron chi connectivity index (χ4n) is 5.50.